The van der Waals surface area contributed by atoms with Gasteiger partial charge in [-0.25, -0.2) is 9.37 Å². The predicted octanol–water partition coefficient (Wildman–Crippen LogP) is 2.13. The first-order valence-corrected chi connectivity index (χ1v) is 5.81. The fourth-order valence-corrected chi connectivity index (χ4v) is 2.13. The molecule has 0 atom stereocenters. The van der Waals surface area contributed by atoms with Gasteiger partial charge in [0.25, 0.3) is 0 Å². The molecule has 96 valence electrons. The molecule has 0 bridgehead atoms. The minimum Gasteiger partial charge on any atom is -0.398 e. The monoisotopic (exact) mass is 257 g/mol. The van der Waals surface area contributed by atoms with E-state index < -0.39 is 0 Å². The van der Waals surface area contributed by atoms with Crippen molar-refractivity contribution in [3.05, 3.63) is 41.6 Å². The van der Waals surface area contributed by atoms with Crippen molar-refractivity contribution in [1.29, 1.82) is 0 Å². The predicted molar refractivity (Wildman–Crippen MR) is 70.1 cm³/mol. The molecule has 0 amide bonds. The molecule has 3 rings (SSSR count). The van der Waals surface area contributed by atoms with Crippen LogP contribution in [0.1, 0.15) is 11.5 Å². The van der Waals surface area contributed by atoms with Crippen LogP contribution in [0.15, 0.2) is 24.3 Å². The van der Waals surface area contributed by atoms with Crippen molar-refractivity contribution < 1.29 is 4.39 Å². The number of anilines is 1. The summed E-state index contributed by atoms with van der Waals surface area (Å²) in [6, 6.07) is 6.00. The van der Waals surface area contributed by atoms with Crippen LogP contribution in [0.25, 0.3) is 17.0 Å². The lowest BCUT2D eigenvalue weighted by molar-refractivity contribution is 0.628. The Balaban J connectivity index is 2.34. The first kappa shape index (κ1) is 11.6. The number of hydrogen-bond donors (Lipinski definition) is 1. The van der Waals surface area contributed by atoms with Crippen molar-refractivity contribution >= 4 is 11.3 Å². The van der Waals surface area contributed by atoms with Crippen LogP contribution >= 0.6 is 0 Å². The molecule has 0 saturated heterocycles. The van der Waals surface area contributed by atoms with Gasteiger partial charge in [-0.1, -0.05) is 0 Å². The van der Waals surface area contributed by atoms with E-state index >= 15 is 0 Å². The number of aryl methyl sites for hydroxylation is 2. The van der Waals surface area contributed by atoms with Crippen molar-refractivity contribution in [1.82, 2.24) is 19.6 Å². The van der Waals surface area contributed by atoms with Crippen molar-refractivity contribution in [3.8, 4) is 11.4 Å². The summed E-state index contributed by atoms with van der Waals surface area (Å²) in [5, 5.41) is 8.18. The molecule has 0 aliphatic heterocycles. The lowest BCUT2D eigenvalue weighted by atomic mass is 10.1. The molecule has 3 aromatic rings. The second-order valence-electron chi connectivity index (χ2n) is 4.39. The molecule has 2 heterocycles. The van der Waals surface area contributed by atoms with Crippen molar-refractivity contribution in [2.75, 3.05) is 5.73 Å². The van der Waals surface area contributed by atoms with E-state index in [2.05, 4.69) is 15.2 Å². The highest BCUT2D eigenvalue weighted by atomic mass is 19.1. The van der Waals surface area contributed by atoms with Crippen LogP contribution in [0.4, 0.5) is 10.1 Å². The van der Waals surface area contributed by atoms with E-state index in [0.717, 1.165) is 11.5 Å². The largest absolute Gasteiger partial charge is 0.398 e. The van der Waals surface area contributed by atoms with Crippen LogP contribution in [0.2, 0.25) is 0 Å². The minimum atomic E-state index is -0.362. The summed E-state index contributed by atoms with van der Waals surface area (Å²) in [5.41, 5.74) is 8.38. The summed E-state index contributed by atoms with van der Waals surface area (Å²) in [4.78, 5) is 4.36. The third-order valence-electron chi connectivity index (χ3n) is 2.94. The van der Waals surface area contributed by atoms with Crippen LogP contribution in [0.5, 0.6) is 0 Å². The van der Waals surface area contributed by atoms with Gasteiger partial charge in [-0.15, -0.1) is 10.2 Å². The number of nitrogens with two attached hydrogens (primary N) is 1. The van der Waals surface area contributed by atoms with E-state index in [4.69, 9.17) is 5.73 Å². The van der Waals surface area contributed by atoms with Gasteiger partial charge in [0.1, 0.15) is 11.6 Å². The smallest absolute Gasteiger partial charge is 0.171 e. The lowest BCUT2D eigenvalue weighted by Gasteiger charge is -2.06. The Labute approximate surface area is 108 Å². The molecule has 0 unspecified atom stereocenters. The number of rotatable bonds is 1. The standard InChI is InChI=1S/C13H12FN5/c1-7-5-12-17-18-13(19(12)8(2)16-7)10-6-9(14)3-4-11(10)15/h3-6H,15H2,1-2H3. The Morgan fingerprint density at radius 3 is 2.74 bits per heavy atom. The average molecular weight is 257 g/mol. The zero-order chi connectivity index (χ0) is 13.6. The molecule has 5 nitrogen and oxygen atoms in total. The molecular weight excluding hydrogens is 245 g/mol. The van der Waals surface area contributed by atoms with E-state index in [0.29, 0.717) is 22.7 Å². The Hall–Kier alpha value is -2.50. The van der Waals surface area contributed by atoms with Gasteiger partial charge in [0.05, 0.1) is 0 Å². The van der Waals surface area contributed by atoms with E-state index in [9.17, 15) is 4.39 Å². The molecule has 1 aromatic carbocycles. The van der Waals surface area contributed by atoms with Crippen LogP contribution in [-0.4, -0.2) is 19.6 Å². The van der Waals surface area contributed by atoms with E-state index in [1.54, 1.807) is 4.40 Å². The Kier molecular flexibility index (Phi) is 2.45. The molecule has 6 heteroatoms. The van der Waals surface area contributed by atoms with Gasteiger partial charge in [-0.2, -0.15) is 0 Å². The molecule has 0 saturated carbocycles. The van der Waals surface area contributed by atoms with Gasteiger partial charge in [0, 0.05) is 23.0 Å². The SMILES string of the molecule is Cc1cc2nnc(-c3cc(F)ccc3N)n2c(C)n1. The van der Waals surface area contributed by atoms with Crippen LogP contribution in [0.3, 0.4) is 0 Å². The molecular formula is C13H12FN5. The number of fused-ring (bicyclic) bond motifs is 1. The van der Waals surface area contributed by atoms with Crippen LogP contribution in [0, 0.1) is 19.7 Å². The molecule has 0 radical (unpaired) electrons. The zero-order valence-corrected chi connectivity index (χ0v) is 10.6. The number of halogens is 1. The average Bonchev–Trinajstić information content (AvgIpc) is 2.76. The van der Waals surface area contributed by atoms with Gasteiger partial charge < -0.3 is 5.73 Å². The van der Waals surface area contributed by atoms with Crippen LogP contribution < -0.4 is 5.73 Å². The van der Waals surface area contributed by atoms with E-state index in [1.165, 1.54) is 18.2 Å². The normalized spacial score (nSPS) is 11.1. The number of nitrogen functional groups attached to an aromatic ring is 1. The summed E-state index contributed by atoms with van der Waals surface area (Å²) >= 11 is 0. The highest BCUT2D eigenvalue weighted by molar-refractivity contribution is 5.73. The molecule has 0 spiro atoms. The second kappa shape index (κ2) is 4.01. The number of nitrogens with zero attached hydrogens (tertiary/aromatic N) is 4. The first-order valence-electron chi connectivity index (χ1n) is 5.81. The first-order chi connectivity index (χ1) is 9.06. The Bertz CT molecular complexity index is 778. The van der Waals surface area contributed by atoms with Gasteiger partial charge in [-0.05, 0) is 32.0 Å². The van der Waals surface area contributed by atoms with E-state index in [-0.39, 0.29) is 5.82 Å². The maximum absolute atomic E-state index is 13.4. The van der Waals surface area contributed by atoms with Gasteiger partial charge >= 0.3 is 0 Å². The maximum atomic E-state index is 13.4. The number of hydrogen-bond acceptors (Lipinski definition) is 4. The van der Waals surface area contributed by atoms with E-state index in [1.807, 2.05) is 19.9 Å². The third-order valence-corrected chi connectivity index (χ3v) is 2.94. The summed E-state index contributed by atoms with van der Waals surface area (Å²) < 4.78 is 15.1. The fraction of sp³-hybridized carbons (Fsp3) is 0.154. The Morgan fingerprint density at radius 1 is 1.16 bits per heavy atom. The fourth-order valence-electron chi connectivity index (χ4n) is 2.13. The highest BCUT2D eigenvalue weighted by Gasteiger charge is 2.14. The minimum absolute atomic E-state index is 0.362. The maximum Gasteiger partial charge on any atom is 0.171 e. The van der Waals surface area contributed by atoms with Gasteiger partial charge in [-0.3, -0.25) is 4.40 Å². The molecule has 2 N–H and O–H groups in total. The summed E-state index contributed by atoms with van der Waals surface area (Å²) in [5.74, 6) is 0.870. The van der Waals surface area contributed by atoms with Crippen molar-refractivity contribution in [2.45, 2.75) is 13.8 Å². The number of aromatic nitrogens is 4. The molecule has 0 aliphatic rings. The van der Waals surface area contributed by atoms with Gasteiger partial charge in [0.15, 0.2) is 11.5 Å². The summed E-state index contributed by atoms with van der Waals surface area (Å²) in [6.45, 7) is 3.74. The molecule has 19 heavy (non-hydrogen) atoms. The lowest BCUT2D eigenvalue weighted by Crippen LogP contribution is -2.01. The topological polar surface area (TPSA) is 69.1 Å². The van der Waals surface area contributed by atoms with Crippen LogP contribution in [-0.2, 0) is 0 Å². The quantitative estimate of drug-likeness (QED) is 0.678. The molecule has 2 aromatic heterocycles. The number of benzene rings is 1. The Morgan fingerprint density at radius 2 is 1.95 bits per heavy atom. The van der Waals surface area contributed by atoms with Crippen molar-refractivity contribution in [2.24, 2.45) is 0 Å². The summed E-state index contributed by atoms with van der Waals surface area (Å²) in [7, 11) is 0. The summed E-state index contributed by atoms with van der Waals surface area (Å²) in [6.07, 6.45) is 0. The zero-order valence-electron chi connectivity index (χ0n) is 10.6. The third kappa shape index (κ3) is 1.81. The van der Waals surface area contributed by atoms with Crippen molar-refractivity contribution in [3.63, 3.8) is 0 Å². The molecule has 0 fully saturated rings. The second-order valence-corrected chi connectivity index (χ2v) is 4.39. The molecule has 0 aliphatic carbocycles. The van der Waals surface area contributed by atoms with Gasteiger partial charge in [0.2, 0.25) is 0 Å². The highest BCUT2D eigenvalue weighted by Crippen LogP contribution is 2.26.